The van der Waals surface area contributed by atoms with Crippen LogP contribution >= 0.6 is 0 Å². The molecule has 1 N–H and O–H groups in total. The summed E-state index contributed by atoms with van der Waals surface area (Å²) in [4.78, 5) is 15.6. The highest BCUT2D eigenvalue weighted by Gasteiger charge is 2.09. The molecule has 1 rings (SSSR count). The van der Waals surface area contributed by atoms with Gasteiger partial charge in [0.15, 0.2) is 0 Å². The molecule has 86 valence electrons. The molecule has 0 saturated carbocycles. The molecule has 0 bridgehead atoms. The van der Waals surface area contributed by atoms with Gasteiger partial charge in [-0.05, 0) is 25.5 Å². The summed E-state index contributed by atoms with van der Waals surface area (Å²) < 4.78 is 4.93. The summed E-state index contributed by atoms with van der Waals surface area (Å²) in [5, 5.41) is 2.94. The smallest absolute Gasteiger partial charge is 0.354 e. The van der Waals surface area contributed by atoms with E-state index in [4.69, 9.17) is 4.74 Å². The zero-order valence-electron chi connectivity index (χ0n) is 9.56. The van der Waals surface area contributed by atoms with E-state index in [-0.39, 0.29) is 5.97 Å². The van der Waals surface area contributed by atoms with Gasteiger partial charge in [-0.1, -0.05) is 19.1 Å². The molecule has 0 aliphatic carbocycles. The van der Waals surface area contributed by atoms with E-state index in [2.05, 4.69) is 10.3 Å². The summed E-state index contributed by atoms with van der Waals surface area (Å²) in [6, 6.07) is 5.46. The molecule has 4 heteroatoms. The number of pyridine rings is 1. The first kappa shape index (κ1) is 12.2. The monoisotopic (exact) mass is 220 g/mol. The minimum atomic E-state index is -0.352. The maximum atomic E-state index is 11.6. The minimum Gasteiger partial charge on any atom is -0.461 e. The van der Waals surface area contributed by atoms with Gasteiger partial charge in [-0.2, -0.15) is 0 Å². The van der Waals surface area contributed by atoms with Gasteiger partial charge < -0.3 is 10.1 Å². The topological polar surface area (TPSA) is 51.2 Å². The number of nitrogens with one attached hydrogen (secondary N) is 1. The molecule has 0 saturated heterocycles. The van der Waals surface area contributed by atoms with Crippen LogP contribution in [-0.4, -0.2) is 17.6 Å². The molecule has 0 aliphatic rings. The Morgan fingerprint density at radius 1 is 1.50 bits per heavy atom. The lowest BCUT2D eigenvalue weighted by Gasteiger charge is -2.08. The van der Waals surface area contributed by atoms with Gasteiger partial charge in [0.1, 0.15) is 11.5 Å². The van der Waals surface area contributed by atoms with Crippen molar-refractivity contribution in [3.8, 4) is 0 Å². The molecule has 0 radical (unpaired) electrons. The maximum Gasteiger partial charge on any atom is 0.354 e. The number of aromatic nitrogens is 1. The Balaban J connectivity index is 2.73. The van der Waals surface area contributed by atoms with Crippen LogP contribution in [0.25, 0.3) is 0 Å². The first-order chi connectivity index (χ1) is 7.77. The average molecular weight is 220 g/mol. The molecule has 0 aliphatic heterocycles. The largest absolute Gasteiger partial charge is 0.461 e. The van der Waals surface area contributed by atoms with Crippen LogP contribution in [0.15, 0.2) is 36.2 Å². The summed E-state index contributed by atoms with van der Waals surface area (Å²) in [6.45, 7) is 4.10. The second kappa shape index (κ2) is 6.61. The second-order valence-corrected chi connectivity index (χ2v) is 3.09. The van der Waals surface area contributed by atoms with Gasteiger partial charge in [0.25, 0.3) is 0 Å². The summed E-state index contributed by atoms with van der Waals surface area (Å²) in [5.74, 6) is 0.283. The van der Waals surface area contributed by atoms with Crippen molar-refractivity contribution in [3.05, 3.63) is 36.2 Å². The van der Waals surface area contributed by atoms with Crippen LogP contribution in [0.1, 0.15) is 20.3 Å². The Morgan fingerprint density at radius 2 is 2.31 bits per heavy atom. The van der Waals surface area contributed by atoms with Crippen LogP contribution in [0.3, 0.4) is 0 Å². The van der Waals surface area contributed by atoms with Gasteiger partial charge in [0, 0.05) is 6.20 Å². The Bertz CT molecular complexity index is 361. The van der Waals surface area contributed by atoms with E-state index in [0.717, 1.165) is 6.42 Å². The molecule has 4 nitrogen and oxygen atoms in total. The lowest BCUT2D eigenvalue weighted by molar-refractivity contribution is -0.138. The molecule has 0 amide bonds. The zero-order chi connectivity index (χ0) is 11.8. The fourth-order valence-electron chi connectivity index (χ4n) is 1.17. The SMILES string of the molecule is CC/C=C(\Nc1ccccn1)C(=O)OCC. The summed E-state index contributed by atoms with van der Waals surface area (Å²) in [5.41, 5.74) is 0.433. The molecule has 1 aromatic heterocycles. The Labute approximate surface area is 95.3 Å². The van der Waals surface area contributed by atoms with Gasteiger partial charge in [0.2, 0.25) is 0 Å². The summed E-state index contributed by atoms with van der Waals surface area (Å²) in [7, 11) is 0. The highest BCUT2D eigenvalue weighted by Crippen LogP contribution is 2.07. The number of carbonyl (C=O) groups excluding carboxylic acids is 1. The van der Waals surface area contributed by atoms with Crippen molar-refractivity contribution in [1.29, 1.82) is 0 Å². The van der Waals surface area contributed by atoms with Gasteiger partial charge in [-0.3, -0.25) is 0 Å². The minimum absolute atomic E-state index is 0.352. The van der Waals surface area contributed by atoms with Crippen molar-refractivity contribution in [1.82, 2.24) is 4.98 Å². The fraction of sp³-hybridized carbons (Fsp3) is 0.333. The van der Waals surface area contributed by atoms with Gasteiger partial charge in [-0.25, -0.2) is 9.78 Å². The van der Waals surface area contributed by atoms with Gasteiger partial charge >= 0.3 is 5.97 Å². The van der Waals surface area contributed by atoms with Crippen LogP contribution in [0, 0.1) is 0 Å². The number of carbonyl (C=O) groups is 1. The van der Waals surface area contributed by atoms with E-state index in [9.17, 15) is 4.79 Å². The normalized spacial score (nSPS) is 11.0. The summed E-state index contributed by atoms with van der Waals surface area (Å²) in [6.07, 6.45) is 4.21. The van der Waals surface area contributed by atoms with E-state index in [1.807, 2.05) is 19.1 Å². The highest BCUT2D eigenvalue weighted by atomic mass is 16.5. The lowest BCUT2D eigenvalue weighted by Crippen LogP contribution is -2.15. The van der Waals surface area contributed by atoms with Crippen molar-refractivity contribution in [2.45, 2.75) is 20.3 Å². The van der Waals surface area contributed by atoms with E-state index < -0.39 is 0 Å². The standard InChI is InChI=1S/C12H16N2O2/c1-3-7-10(12(15)16-4-2)14-11-8-5-6-9-13-11/h5-9H,3-4H2,1-2H3,(H,13,14)/b10-7-. The Morgan fingerprint density at radius 3 is 2.88 bits per heavy atom. The number of rotatable bonds is 5. The van der Waals surface area contributed by atoms with E-state index in [0.29, 0.717) is 18.1 Å². The van der Waals surface area contributed by atoms with Crippen molar-refractivity contribution < 1.29 is 9.53 Å². The third-order valence-corrected chi connectivity index (χ3v) is 1.83. The van der Waals surface area contributed by atoms with Crippen LogP contribution in [-0.2, 0) is 9.53 Å². The molecule has 1 aromatic rings. The van der Waals surface area contributed by atoms with Crippen molar-refractivity contribution in [3.63, 3.8) is 0 Å². The number of nitrogens with zero attached hydrogens (tertiary/aromatic N) is 1. The van der Waals surface area contributed by atoms with Gasteiger partial charge in [0.05, 0.1) is 6.61 Å². The van der Waals surface area contributed by atoms with E-state index in [1.165, 1.54) is 0 Å². The number of ether oxygens (including phenoxy) is 1. The molecule has 1 heterocycles. The highest BCUT2D eigenvalue weighted by molar-refractivity contribution is 5.91. The number of hydrogen-bond donors (Lipinski definition) is 1. The van der Waals surface area contributed by atoms with Crippen molar-refractivity contribution in [2.75, 3.05) is 11.9 Å². The number of esters is 1. The van der Waals surface area contributed by atoms with Crippen LogP contribution in [0.4, 0.5) is 5.82 Å². The molecule has 0 atom stereocenters. The van der Waals surface area contributed by atoms with E-state index >= 15 is 0 Å². The lowest BCUT2D eigenvalue weighted by atomic mass is 10.3. The third kappa shape index (κ3) is 3.73. The molecule has 0 unspecified atom stereocenters. The first-order valence-electron chi connectivity index (χ1n) is 5.33. The first-order valence-corrected chi connectivity index (χ1v) is 5.33. The molecular weight excluding hydrogens is 204 g/mol. The molecule has 16 heavy (non-hydrogen) atoms. The molecular formula is C12H16N2O2. The van der Waals surface area contributed by atoms with E-state index in [1.54, 1.807) is 25.3 Å². The summed E-state index contributed by atoms with van der Waals surface area (Å²) >= 11 is 0. The number of allylic oxidation sites excluding steroid dienone is 1. The van der Waals surface area contributed by atoms with Gasteiger partial charge in [-0.15, -0.1) is 0 Å². The molecule has 0 fully saturated rings. The van der Waals surface area contributed by atoms with Crippen LogP contribution in [0.5, 0.6) is 0 Å². The second-order valence-electron chi connectivity index (χ2n) is 3.09. The van der Waals surface area contributed by atoms with Crippen LogP contribution in [0.2, 0.25) is 0 Å². The maximum absolute atomic E-state index is 11.6. The Hall–Kier alpha value is -1.84. The van der Waals surface area contributed by atoms with Crippen LogP contribution < -0.4 is 5.32 Å². The fourth-order valence-corrected chi connectivity index (χ4v) is 1.17. The molecule has 0 spiro atoms. The predicted octanol–water partition coefficient (Wildman–Crippen LogP) is 2.35. The number of hydrogen-bond acceptors (Lipinski definition) is 4. The van der Waals surface area contributed by atoms with Crippen molar-refractivity contribution in [2.24, 2.45) is 0 Å². The predicted molar refractivity (Wildman–Crippen MR) is 62.9 cm³/mol. The quantitative estimate of drug-likeness (QED) is 0.611. The van der Waals surface area contributed by atoms with Crippen molar-refractivity contribution >= 4 is 11.8 Å². The number of anilines is 1. The zero-order valence-corrected chi connectivity index (χ0v) is 9.56. The average Bonchev–Trinajstić information content (AvgIpc) is 2.30. The third-order valence-electron chi connectivity index (χ3n) is 1.83. The Kier molecular flexibility index (Phi) is 5.05. The molecule has 0 aromatic carbocycles.